The standard InChI is InChI=1S/C10H15NOS/c11-10(8-4-5-12-7-8)9-3-1-2-6-13-9/h4-5,7,9-10H,1-3,6,11H2. The average molecular weight is 197 g/mol. The van der Waals surface area contributed by atoms with E-state index in [2.05, 4.69) is 0 Å². The Bertz CT molecular complexity index is 241. The first-order chi connectivity index (χ1) is 6.38. The van der Waals surface area contributed by atoms with Crippen molar-refractivity contribution in [3.8, 4) is 0 Å². The SMILES string of the molecule is NC(c1ccoc1)C1CCCCS1. The summed E-state index contributed by atoms with van der Waals surface area (Å²) in [5.74, 6) is 1.26. The molecule has 0 spiro atoms. The maximum absolute atomic E-state index is 6.13. The molecule has 0 aliphatic carbocycles. The van der Waals surface area contributed by atoms with Crippen molar-refractivity contribution in [2.24, 2.45) is 5.73 Å². The van der Waals surface area contributed by atoms with Crippen LogP contribution < -0.4 is 5.73 Å². The Morgan fingerprint density at radius 3 is 3.08 bits per heavy atom. The van der Waals surface area contributed by atoms with Gasteiger partial charge in [0, 0.05) is 16.9 Å². The van der Waals surface area contributed by atoms with Crippen molar-refractivity contribution < 1.29 is 4.42 Å². The van der Waals surface area contributed by atoms with Crippen LogP contribution in [0.3, 0.4) is 0 Å². The zero-order chi connectivity index (χ0) is 9.10. The van der Waals surface area contributed by atoms with Gasteiger partial charge >= 0.3 is 0 Å². The van der Waals surface area contributed by atoms with E-state index >= 15 is 0 Å². The quantitative estimate of drug-likeness (QED) is 0.792. The Morgan fingerprint density at radius 1 is 1.54 bits per heavy atom. The number of thioether (sulfide) groups is 1. The van der Waals surface area contributed by atoms with Crippen molar-refractivity contribution in [3.05, 3.63) is 24.2 Å². The minimum absolute atomic E-state index is 0.157. The molecule has 1 aliphatic rings. The van der Waals surface area contributed by atoms with Gasteiger partial charge in [-0.3, -0.25) is 0 Å². The van der Waals surface area contributed by atoms with Crippen LogP contribution in [0.5, 0.6) is 0 Å². The lowest BCUT2D eigenvalue weighted by Gasteiger charge is -2.26. The molecule has 13 heavy (non-hydrogen) atoms. The van der Waals surface area contributed by atoms with E-state index in [0.29, 0.717) is 5.25 Å². The van der Waals surface area contributed by atoms with Crippen molar-refractivity contribution in [3.63, 3.8) is 0 Å². The first-order valence-corrected chi connectivity index (χ1v) is 5.82. The zero-order valence-corrected chi connectivity index (χ0v) is 8.43. The van der Waals surface area contributed by atoms with E-state index in [1.807, 2.05) is 17.8 Å². The molecule has 3 heteroatoms. The van der Waals surface area contributed by atoms with Gasteiger partial charge < -0.3 is 10.2 Å². The van der Waals surface area contributed by atoms with Gasteiger partial charge in [-0.1, -0.05) is 6.42 Å². The second-order valence-electron chi connectivity index (χ2n) is 3.49. The van der Waals surface area contributed by atoms with Crippen molar-refractivity contribution in [1.29, 1.82) is 0 Å². The third-order valence-corrected chi connectivity index (χ3v) is 4.02. The van der Waals surface area contributed by atoms with E-state index in [4.69, 9.17) is 10.2 Å². The topological polar surface area (TPSA) is 39.2 Å². The fourth-order valence-electron chi connectivity index (χ4n) is 1.73. The molecule has 2 heterocycles. The zero-order valence-electron chi connectivity index (χ0n) is 7.61. The molecule has 1 aromatic heterocycles. The lowest BCUT2D eigenvalue weighted by atomic mass is 10.0. The molecule has 0 aromatic carbocycles. The summed E-state index contributed by atoms with van der Waals surface area (Å²) in [6, 6.07) is 2.13. The lowest BCUT2D eigenvalue weighted by Crippen LogP contribution is -2.25. The normalized spacial score (nSPS) is 25.8. The Labute approximate surface area is 82.9 Å². The van der Waals surface area contributed by atoms with E-state index < -0.39 is 0 Å². The van der Waals surface area contributed by atoms with Crippen LogP contribution in [-0.4, -0.2) is 11.0 Å². The van der Waals surface area contributed by atoms with Gasteiger partial charge in [0.1, 0.15) is 0 Å². The molecule has 2 N–H and O–H groups in total. The summed E-state index contributed by atoms with van der Waals surface area (Å²) in [6.07, 6.45) is 7.38. The molecule has 2 rings (SSSR count). The molecule has 1 aromatic rings. The predicted octanol–water partition coefficient (Wildman–Crippen LogP) is 2.57. The molecular formula is C10H15NOS. The Kier molecular flexibility index (Phi) is 2.96. The number of hydrogen-bond donors (Lipinski definition) is 1. The largest absolute Gasteiger partial charge is 0.472 e. The van der Waals surface area contributed by atoms with E-state index in [9.17, 15) is 0 Å². The summed E-state index contributed by atoms with van der Waals surface area (Å²) in [6.45, 7) is 0. The molecule has 2 nitrogen and oxygen atoms in total. The predicted molar refractivity (Wildman–Crippen MR) is 55.7 cm³/mol. The highest BCUT2D eigenvalue weighted by atomic mass is 32.2. The van der Waals surface area contributed by atoms with Crippen LogP contribution in [0.15, 0.2) is 23.0 Å². The van der Waals surface area contributed by atoms with Crippen molar-refractivity contribution in [1.82, 2.24) is 0 Å². The van der Waals surface area contributed by atoms with Crippen LogP contribution in [0.1, 0.15) is 30.9 Å². The smallest absolute Gasteiger partial charge is 0.0950 e. The molecule has 0 amide bonds. The molecule has 2 unspecified atom stereocenters. The maximum Gasteiger partial charge on any atom is 0.0950 e. The number of rotatable bonds is 2. The van der Waals surface area contributed by atoms with Crippen LogP contribution in [0.25, 0.3) is 0 Å². The van der Waals surface area contributed by atoms with E-state index in [1.165, 1.54) is 25.0 Å². The van der Waals surface area contributed by atoms with Crippen LogP contribution in [0.4, 0.5) is 0 Å². The van der Waals surface area contributed by atoms with Gasteiger partial charge in [0.2, 0.25) is 0 Å². The molecule has 2 atom stereocenters. The Hall–Kier alpha value is -0.410. The third kappa shape index (κ3) is 2.09. The van der Waals surface area contributed by atoms with E-state index in [0.717, 1.165) is 5.56 Å². The summed E-state index contributed by atoms with van der Waals surface area (Å²) in [5.41, 5.74) is 7.27. The van der Waals surface area contributed by atoms with Gasteiger partial charge in [-0.2, -0.15) is 11.8 Å². The Morgan fingerprint density at radius 2 is 2.46 bits per heavy atom. The lowest BCUT2D eigenvalue weighted by molar-refractivity contribution is 0.545. The molecule has 0 radical (unpaired) electrons. The minimum atomic E-state index is 0.157. The van der Waals surface area contributed by atoms with Crippen LogP contribution in [-0.2, 0) is 0 Å². The first-order valence-electron chi connectivity index (χ1n) is 4.77. The molecular weight excluding hydrogens is 182 g/mol. The van der Waals surface area contributed by atoms with E-state index in [-0.39, 0.29) is 6.04 Å². The second-order valence-corrected chi connectivity index (χ2v) is 4.83. The molecule has 1 saturated heterocycles. The van der Waals surface area contributed by atoms with E-state index in [1.54, 1.807) is 12.5 Å². The van der Waals surface area contributed by atoms with Crippen LogP contribution >= 0.6 is 11.8 Å². The van der Waals surface area contributed by atoms with Crippen molar-refractivity contribution in [2.45, 2.75) is 30.6 Å². The van der Waals surface area contributed by atoms with Crippen molar-refractivity contribution >= 4 is 11.8 Å². The summed E-state index contributed by atoms with van der Waals surface area (Å²) in [5, 5.41) is 0.589. The van der Waals surface area contributed by atoms with Gasteiger partial charge in [0.15, 0.2) is 0 Å². The van der Waals surface area contributed by atoms with Crippen LogP contribution in [0.2, 0.25) is 0 Å². The molecule has 1 fully saturated rings. The average Bonchev–Trinajstić information content (AvgIpc) is 2.71. The first kappa shape index (κ1) is 9.16. The fraction of sp³-hybridized carbons (Fsp3) is 0.600. The van der Waals surface area contributed by atoms with Gasteiger partial charge in [0.05, 0.1) is 12.5 Å². The molecule has 72 valence electrons. The highest BCUT2D eigenvalue weighted by Gasteiger charge is 2.22. The van der Waals surface area contributed by atoms with Gasteiger partial charge in [-0.05, 0) is 24.7 Å². The minimum Gasteiger partial charge on any atom is -0.472 e. The highest BCUT2D eigenvalue weighted by Crippen LogP contribution is 2.33. The monoisotopic (exact) mass is 197 g/mol. The summed E-state index contributed by atoms with van der Waals surface area (Å²) in [4.78, 5) is 0. The third-order valence-electron chi connectivity index (χ3n) is 2.54. The van der Waals surface area contributed by atoms with Gasteiger partial charge in [-0.15, -0.1) is 0 Å². The maximum atomic E-state index is 6.13. The summed E-state index contributed by atoms with van der Waals surface area (Å²) in [7, 11) is 0. The van der Waals surface area contributed by atoms with Gasteiger partial charge in [0.25, 0.3) is 0 Å². The summed E-state index contributed by atoms with van der Waals surface area (Å²) < 4.78 is 5.04. The summed E-state index contributed by atoms with van der Waals surface area (Å²) >= 11 is 2.00. The molecule has 1 aliphatic heterocycles. The van der Waals surface area contributed by atoms with Crippen molar-refractivity contribution in [2.75, 3.05) is 5.75 Å². The fourth-order valence-corrected chi connectivity index (χ4v) is 3.10. The Balaban J connectivity index is 1.99. The second kappa shape index (κ2) is 4.20. The number of nitrogens with two attached hydrogens (primary N) is 1. The number of hydrogen-bond acceptors (Lipinski definition) is 3. The van der Waals surface area contributed by atoms with Crippen LogP contribution in [0, 0.1) is 0 Å². The highest BCUT2D eigenvalue weighted by molar-refractivity contribution is 8.00. The number of furan rings is 1. The molecule has 0 bridgehead atoms. The van der Waals surface area contributed by atoms with Gasteiger partial charge in [-0.25, -0.2) is 0 Å². The molecule has 0 saturated carbocycles.